The average molecular weight is 278 g/mol. The maximum atomic E-state index is 11.1. The summed E-state index contributed by atoms with van der Waals surface area (Å²) in [4.78, 5) is 10.0. The van der Waals surface area contributed by atoms with Gasteiger partial charge in [0.1, 0.15) is 0 Å². The lowest BCUT2D eigenvalue weighted by molar-refractivity contribution is -0.386. The van der Waals surface area contributed by atoms with Crippen molar-refractivity contribution in [3.8, 4) is 0 Å². The SMILES string of the molecule is CC(C)(C)c1ccc(S(=O)(=O)Cl)cc1[N+](=O)[O-]. The first-order chi connectivity index (χ1) is 7.53. The van der Waals surface area contributed by atoms with Crippen LogP contribution < -0.4 is 0 Å². The predicted molar refractivity (Wildman–Crippen MR) is 64.8 cm³/mol. The molecule has 0 aliphatic carbocycles. The van der Waals surface area contributed by atoms with E-state index in [1.807, 2.05) is 20.8 Å². The second-order valence-electron chi connectivity index (χ2n) is 4.62. The summed E-state index contributed by atoms with van der Waals surface area (Å²) in [5.74, 6) is 0. The van der Waals surface area contributed by atoms with Gasteiger partial charge in [0, 0.05) is 22.3 Å². The Hall–Kier alpha value is -1.14. The van der Waals surface area contributed by atoms with Crippen LogP contribution in [0.1, 0.15) is 26.3 Å². The summed E-state index contributed by atoms with van der Waals surface area (Å²) in [6, 6.07) is 3.69. The summed E-state index contributed by atoms with van der Waals surface area (Å²) in [5.41, 5.74) is -0.220. The second-order valence-corrected chi connectivity index (χ2v) is 7.19. The van der Waals surface area contributed by atoms with Crippen molar-refractivity contribution < 1.29 is 13.3 Å². The predicted octanol–water partition coefficient (Wildman–Crippen LogP) is 2.82. The molecule has 0 amide bonds. The third kappa shape index (κ3) is 3.17. The molecule has 0 aliphatic heterocycles. The third-order valence-electron chi connectivity index (χ3n) is 2.26. The van der Waals surface area contributed by atoms with Crippen molar-refractivity contribution in [1.82, 2.24) is 0 Å². The highest BCUT2D eigenvalue weighted by Gasteiger charge is 2.26. The molecule has 7 heteroatoms. The van der Waals surface area contributed by atoms with Crippen LogP contribution in [0.2, 0.25) is 0 Å². The third-order valence-corrected chi connectivity index (χ3v) is 3.61. The zero-order valence-electron chi connectivity index (χ0n) is 9.60. The van der Waals surface area contributed by atoms with E-state index in [4.69, 9.17) is 10.7 Å². The lowest BCUT2D eigenvalue weighted by Gasteiger charge is -2.18. The van der Waals surface area contributed by atoms with Gasteiger partial charge in [-0.2, -0.15) is 0 Å². The van der Waals surface area contributed by atoms with Crippen LogP contribution in [-0.2, 0) is 14.5 Å². The molecule has 0 bridgehead atoms. The Balaban J connectivity index is 3.54. The molecule has 0 heterocycles. The van der Waals surface area contributed by atoms with Gasteiger partial charge >= 0.3 is 0 Å². The highest BCUT2D eigenvalue weighted by molar-refractivity contribution is 8.13. The maximum Gasteiger partial charge on any atom is 0.274 e. The first kappa shape index (κ1) is 13.9. The topological polar surface area (TPSA) is 77.3 Å². The molecule has 0 unspecified atom stereocenters. The molecule has 0 spiro atoms. The molecule has 0 aromatic heterocycles. The largest absolute Gasteiger partial charge is 0.274 e. The fourth-order valence-corrected chi connectivity index (χ4v) is 2.22. The van der Waals surface area contributed by atoms with Crippen LogP contribution in [0.3, 0.4) is 0 Å². The molecule has 5 nitrogen and oxygen atoms in total. The number of nitro benzene ring substituents is 1. The van der Waals surface area contributed by atoms with E-state index in [2.05, 4.69) is 0 Å². The number of hydrogen-bond acceptors (Lipinski definition) is 4. The zero-order chi connectivity index (χ0) is 13.4. The minimum atomic E-state index is -3.95. The number of rotatable bonds is 2. The molecular weight excluding hydrogens is 266 g/mol. The minimum absolute atomic E-state index is 0.237. The van der Waals surface area contributed by atoms with Gasteiger partial charge in [0.25, 0.3) is 14.7 Å². The van der Waals surface area contributed by atoms with Crippen molar-refractivity contribution in [3.63, 3.8) is 0 Å². The van der Waals surface area contributed by atoms with E-state index in [-0.39, 0.29) is 10.6 Å². The monoisotopic (exact) mass is 277 g/mol. The lowest BCUT2D eigenvalue weighted by atomic mass is 9.86. The molecule has 1 rings (SSSR count). The first-order valence-corrected chi connectivity index (χ1v) is 7.08. The van der Waals surface area contributed by atoms with Crippen LogP contribution in [0.25, 0.3) is 0 Å². The van der Waals surface area contributed by atoms with Crippen molar-refractivity contribution in [2.75, 3.05) is 0 Å². The van der Waals surface area contributed by atoms with Crippen molar-refractivity contribution in [3.05, 3.63) is 33.9 Å². The highest BCUT2D eigenvalue weighted by Crippen LogP contribution is 2.33. The normalized spacial score (nSPS) is 12.5. The van der Waals surface area contributed by atoms with E-state index in [9.17, 15) is 18.5 Å². The molecule has 0 aliphatic rings. The maximum absolute atomic E-state index is 11.1. The number of nitrogens with zero attached hydrogens (tertiary/aromatic N) is 1. The quantitative estimate of drug-likeness (QED) is 0.473. The molecule has 1 aromatic carbocycles. The average Bonchev–Trinajstić information content (AvgIpc) is 2.14. The molecule has 0 fully saturated rings. The first-order valence-electron chi connectivity index (χ1n) is 4.77. The van der Waals surface area contributed by atoms with E-state index in [0.717, 1.165) is 6.07 Å². The standard InChI is InChI=1S/C10H12ClNO4S/c1-10(2,3)8-5-4-7(17(11,15)16)6-9(8)12(13)14/h4-6H,1-3H3. The minimum Gasteiger partial charge on any atom is -0.258 e. The summed E-state index contributed by atoms with van der Waals surface area (Å²) in [5, 5.41) is 10.9. The van der Waals surface area contributed by atoms with Gasteiger partial charge in [-0.05, 0) is 11.5 Å². The van der Waals surface area contributed by atoms with Gasteiger partial charge in [-0.1, -0.05) is 26.8 Å². The van der Waals surface area contributed by atoms with Crippen molar-refractivity contribution >= 4 is 25.4 Å². The van der Waals surface area contributed by atoms with Crippen molar-refractivity contribution in [1.29, 1.82) is 0 Å². The Morgan fingerprint density at radius 1 is 1.29 bits per heavy atom. The number of benzene rings is 1. The Kier molecular flexibility index (Phi) is 3.50. The summed E-state index contributed by atoms with van der Waals surface area (Å²) in [6.07, 6.45) is 0. The smallest absolute Gasteiger partial charge is 0.258 e. The van der Waals surface area contributed by atoms with E-state index in [0.29, 0.717) is 5.56 Å². The number of hydrogen-bond donors (Lipinski definition) is 0. The fraction of sp³-hybridized carbons (Fsp3) is 0.400. The molecule has 0 saturated heterocycles. The van der Waals surface area contributed by atoms with Gasteiger partial charge in [-0.25, -0.2) is 8.42 Å². The Morgan fingerprint density at radius 2 is 1.82 bits per heavy atom. The molecule has 0 radical (unpaired) electrons. The van der Waals surface area contributed by atoms with Gasteiger partial charge in [-0.15, -0.1) is 0 Å². The van der Waals surface area contributed by atoms with E-state index < -0.39 is 19.4 Å². The van der Waals surface area contributed by atoms with Crippen LogP contribution in [0.15, 0.2) is 23.1 Å². The summed E-state index contributed by atoms with van der Waals surface area (Å²) < 4.78 is 22.2. The highest BCUT2D eigenvalue weighted by atomic mass is 35.7. The van der Waals surface area contributed by atoms with Crippen LogP contribution >= 0.6 is 10.7 Å². The van der Waals surface area contributed by atoms with Crippen LogP contribution in [0.4, 0.5) is 5.69 Å². The van der Waals surface area contributed by atoms with Crippen molar-refractivity contribution in [2.45, 2.75) is 31.1 Å². The number of halogens is 1. The van der Waals surface area contributed by atoms with Gasteiger partial charge < -0.3 is 0 Å². The lowest BCUT2D eigenvalue weighted by Crippen LogP contribution is -2.14. The molecular formula is C10H12ClNO4S. The Morgan fingerprint density at radius 3 is 2.18 bits per heavy atom. The summed E-state index contributed by atoms with van der Waals surface area (Å²) in [6.45, 7) is 5.43. The number of nitro groups is 1. The Labute approximate surface area is 104 Å². The molecule has 94 valence electrons. The Bertz CT molecular complexity index is 560. The molecule has 17 heavy (non-hydrogen) atoms. The van der Waals surface area contributed by atoms with Gasteiger partial charge in [0.15, 0.2) is 0 Å². The molecule has 0 N–H and O–H groups in total. The van der Waals surface area contributed by atoms with Gasteiger partial charge in [-0.3, -0.25) is 10.1 Å². The molecule has 0 atom stereocenters. The second kappa shape index (κ2) is 4.27. The molecule has 1 aromatic rings. The van der Waals surface area contributed by atoms with E-state index in [1.54, 1.807) is 0 Å². The summed E-state index contributed by atoms with van der Waals surface area (Å²) in [7, 11) is 1.20. The molecule has 0 saturated carbocycles. The zero-order valence-corrected chi connectivity index (χ0v) is 11.2. The van der Waals surface area contributed by atoms with Gasteiger partial charge in [0.2, 0.25) is 0 Å². The van der Waals surface area contributed by atoms with Crippen LogP contribution in [-0.4, -0.2) is 13.3 Å². The fourth-order valence-electron chi connectivity index (χ4n) is 1.45. The van der Waals surface area contributed by atoms with E-state index >= 15 is 0 Å². The van der Waals surface area contributed by atoms with Gasteiger partial charge in [0.05, 0.1) is 9.82 Å². The van der Waals surface area contributed by atoms with Crippen LogP contribution in [0, 0.1) is 10.1 Å². The van der Waals surface area contributed by atoms with E-state index in [1.165, 1.54) is 12.1 Å². The van der Waals surface area contributed by atoms with Crippen LogP contribution in [0.5, 0.6) is 0 Å². The van der Waals surface area contributed by atoms with Crippen molar-refractivity contribution in [2.24, 2.45) is 0 Å². The summed E-state index contributed by atoms with van der Waals surface area (Å²) >= 11 is 0.